The quantitative estimate of drug-likeness (QED) is 0.349. The lowest BCUT2D eigenvalue weighted by Crippen LogP contribution is -1.72. The number of benzene rings is 1. The minimum absolute atomic E-state index is 0.360. The summed E-state index contributed by atoms with van der Waals surface area (Å²) in [5, 5.41) is 2.92. The summed E-state index contributed by atoms with van der Waals surface area (Å²) < 4.78 is 11.7. The Balaban J connectivity index is 0.000000261. The van der Waals surface area contributed by atoms with Gasteiger partial charge in [-0.3, -0.25) is 0 Å². The van der Waals surface area contributed by atoms with Gasteiger partial charge in [-0.15, -0.1) is 0 Å². The summed E-state index contributed by atoms with van der Waals surface area (Å²) in [6.07, 6.45) is 0. The molecule has 0 aromatic heterocycles. The van der Waals surface area contributed by atoms with Crippen molar-refractivity contribution in [3.63, 3.8) is 0 Å². The van der Waals surface area contributed by atoms with Crippen LogP contribution in [0.1, 0.15) is 5.56 Å². The molecule has 1 aromatic carbocycles. The highest BCUT2D eigenvalue weighted by Crippen LogP contribution is 1.98. The van der Waals surface area contributed by atoms with Gasteiger partial charge in [0.25, 0.3) is 0 Å². The van der Waals surface area contributed by atoms with Crippen molar-refractivity contribution in [3.05, 3.63) is 46.3 Å². The zero-order valence-corrected chi connectivity index (χ0v) is 6.81. The van der Waals surface area contributed by atoms with E-state index in [9.17, 15) is 4.39 Å². The molecule has 0 fully saturated rings. The summed E-state index contributed by atoms with van der Waals surface area (Å²) in [4.78, 5) is 2.36. The number of halogens is 1. The molecule has 0 unspecified atom stereocenters. The molecule has 0 spiro atoms. The zero-order chi connectivity index (χ0) is 9.23. The molecule has 0 aliphatic rings. The van der Waals surface area contributed by atoms with Gasteiger partial charge in [-0.05, 0) is 11.1 Å². The van der Waals surface area contributed by atoms with Crippen molar-refractivity contribution < 1.29 is 4.39 Å². The standard InChI is InChI=1S/C7H7F.CH3N3/c8-6-7-4-2-1-3-5-7;1-3-4-2/h1-5H,6H2;1H3/i8-1;. The largest absolute Gasteiger partial charge is 0.246 e. The first kappa shape index (κ1) is 10.5. The molecule has 1 aromatic rings. The molecule has 12 heavy (non-hydrogen) atoms. The maximum atomic E-state index is 11.7. The fourth-order valence-corrected chi connectivity index (χ4v) is 0.567. The molecule has 0 amide bonds. The second kappa shape index (κ2) is 7.57. The molecule has 0 atom stereocenters. The minimum atomic E-state index is -0.360. The molecule has 0 N–H and O–H groups in total. The van der Waals surface area contributed by atoms with E-state index in [2.05, 4.69) is 10.0 Å². The number of hydrogen-bond acceptors (Lipinski definition) is 1. The van der Waals surface area contributed by atoms with Gasteiger partial charge in [0.2, 0.25) is 0 Å². The van der Waals surface area contributed by atoms with E-state index >= 15 is 0 Å². The van der Waals surface area contributed by atoms with Gasteiger partial charge in [-0.2, -0.15) is 0 Å². The van der Waals surface area contributed by atoms with Crippen LogP contribution in [0.2, 0.25) is 0 Å². The lowest BCUT2D eigenvalue weighted by molar-refractivity contribution is 0.485. The third-order valence-corrected chi connectivity index (χ3v) is 1.09. The molecule has 0 heterocycles. The SMILES string of the molecule is CN=[N+]=[N-].[18F]Cc1ccccc1. The van der Waals surface area contributed by atoms with Crippen LogP contribution in [0.5, 0.6) is 0 Å². The van der Waals surface area contributed by atoms with E-state index < -0.39 is 0 Å². The van der Waals surface area contributed by atoms with Gasteiger partial charge in [-0.1, -0.05) is 35.4 Å². The summed E-state index contributed by atoms with van der Waals surface area (Å²) in [6.45, 7) is -0.360. The van der Waals surface area contributed by atoms with Crippen LogP contribution in [0.4, 0.5) is 4.39 Å². The molecule has 0 aliphatic carbocycles. The van der Waals surface area contributed by atoms with Crippen LogP contribution < -0.4 is 0 Å². The molecule has 0 radical (unpaired) electrons. The maximum absolute atomic E-state index is 11.7. The lowest BCUT2D eigenvalue weighted by atomic mass is 10.2. The van der Waals surface area contributed by atoms with Crippen LogP contribution >= 0.6 is 0 Å². The Labute approximate surface area is 70.5 Å². The molecule has 0 saturated heterocycles. The first-order valence-corrected chi connectivity index (χ1v) is 3.38. The monoisotopic (exact) mass is 166 g/mol. The van der Waals surface area contributed by atoms with Crippen molar-refractivity contribution in [2.75, 3.05) is 7.05 Å². The van der Waals surface area contributed by atoms with E-state index in [-0.39, 0.29) is 6.67 Å². The molecule has 64 valence electrons. The van der Waals surface area contributed by atoms with E-state index in [0.29, 0.717) is 0 Å². The summed E-state index contributed by atoms with van der Waals surface area (Å²) in [5.74, 6) is 0. The second-order valence-corrected chi connectivity index (χ2v) is 1.91. The third-order valence-electron chi connectivity index (χ3n) is 1.09. The summed E-state index contributed by atoms with van der Waals surface area (Å²) in [5.41, 5.74) is 8.08. The van der Waals surface area contributed by atoms with Crippen molar-refractivity contribution in [3.8, 4) is 0 Å². The Morgan fingerprint density at radius 2 is 1.92 bits per heavy atom. The molecule has 1 rings (SSSR count). The van der Waals surface area contributed by atoms with E-state index in [1.54, 1.807) is 12.1 Å². The topological polar surface area (TPSA) is 48.8 Å². The van der Waals surface area contributed by atoms with Gasteiger partial charge in [0.15, 0.2) is 0 Å². The Morgan fingerprint density at radius 1 is 1.42 bits per heavy atom. The lowest BCUT2D eigenvalue weighted by Gasteiger charge is -1.87. The number of hydrogen-bond donors (Lipinski definition) is 0. The average molecular weight is 166 g/mol. The van der Waals surface area contributed by atoms with Crippen LogP contribution in [0.15, 0.2) is 35.4 Å². The molecular formula is C8H10FN3. The van der Waals surface area contributed by atoms with Crippen LogP contribution in [0, 0.1) is 0 Å². The molecule has 0 aliphatic heterocycles. The van der Waals surface area contributed by atoms with Crippen LogP contribution in [0.3, 0.4) is 0 Å². The molecule has 0 saturated carbocycles. The summed E-state index contributed by atoms with van der Waals surface area (Å²) in [7, 11) is 1.39. The van der Waals surface area contributed by atoms with Crippen molar-refractivity contribution in [2.45, 2.75) is 6.67 Å². The Kier molecular flexibility index (Phi) is 6.59. The van der Waals surface area contributed by atoms with Gasteiger partial charge in [0.05, 0.1) is 0 Å². The highest BCUT2D eigenvalue weighted by molar-refractivity contribution is 5.13. The van der Waals surface area contributed by atoms with Gasteiger partial charge >= 0.3 is 0 Å². The van der Waals surface area contributed by atoms with E-state index in [0.717, 1.165) is 5.56 Å². The van der Waals surface area contributed by atoms with Crippen LogP contribution in [-0.2, 0) is 6.67 Å². The van der Waals surface area contributed by atoms with Gasteiger partial charge in [0.1, 0.15) is 6.67 Å². The predicted molar refractivity (Wildman–Crippen MR) is 46.3 cm³/mol. The normalized spacial score (nSPS) is 7.50. The third kappa shape index (κ3) is 5.26. The molecule has 3 nitrogen and oxygen atoms in total. The zero-order valence-electron chi connectivity index (χ0n) is 6.81. The fraction of sp³-hybridized carbons (Fsp3) is 0.250. The van der Waals surface area contributed by atoms with Crippen molar-refractivity contribution in [1.29, 1.82) is 0 Å². The highest BCUT2D eigenvalue weighted by Gasteiger charge is 1.82. The maximum Gasteiger partial charge on any atom is 0.115 e. The van der Waals surface area contributed by atoms with Crippen molar-refractivity contribution >= 4 is 0 Å². The van der Waals surface area contributed by atoms with E-state index in [4.69, 9.17) is 5.53 Å². The van der Waals surface area contributed by atoms with Crippen LogP contribution in [0.25, 0.3) is 10.4 Å². The van der Waals surface area contributed by atoms with Crippen LogP contribution in [-0.4, -0.2) is 7.05 Å². The Hall–Kier alpha value is -1.54. The van der Waals surface area contributed by atoms with Gasteiger partial charge in [-0.25, -0.2) is 4.39 Å². The van der Waals surface area contributed by atoms with Gasteiger partial charge in [0, 0.05) is 12.0 Å². The molecule has 4 heteroatoms. The average Bonchev–Trinajstić information content (AvgIpc) is 2.19. The van der Waals surface area contributed by atoms with Gasteiger partial charge < -0.3 is 0 Å². The first-order valence-electron chi connectivity index (χ1n) is 3.38. The number of rotatable bonds is 1. The van der Waals surface area contributed by atoms with Crippen molar-refractivity contribution in [1.82, 2.24) is 0 Å². The summed E-state index contributed by atoms with van der Waals surface area (Å²) in [6, 6.07) is 9.06. The summed E-state index contributed by atoms with van der Waals surface area (Å²) >= 11 is 0. The smallest absolute Gasteiger partial charge is 0.115 e. The van der Waals surface area contributed by atoms with E-state index in [1.165, 1.54) is 7.05 Å². The second-order valence-electron chi connectivity index (χ2n) is 1.91. The highest BCUT2D eigenvalue weighted by atomic mass is 18.2. The molecular weight excluding hydrogens is 156 g/mol. The van der Waals surface area contributed by atoms with E-state index in [1.807, 2.05) is 18.2 Å². The van der Waals surface area contributed by atoms with Crippen molar-refractivity contribution in [2.24, 2.45) is 5.11 Å². The Bertz CT molecular complexity index is 242. The fourth-order valence-electron chi connectivity index (χ4n) is 0.567. The number of alkyl halides is 1. The first-order chi connectivity index (χ1) is 5.85. The number of nitrogens with zero attached hydrogens (tertiary/aromatic N) is 3. The Morgan fingerprint density at radius 3 is 2.17 bits per heavy atom. The minimum Gasteiger partial charge on any atom is -0.246 e. The molecule has 0 bridgehead atoms. The predicted octanol–water partition coefficient (Wildman–Crippen LogP) is 3.08. The number of azide groups is 1.